The van der Waals surface area contributed by atoms with E-state index < -0.39 is 11.9 Å². The van der Waals surface area contributed by atoms with Crippen LogP contribution in [0.2, 0.25) is 0 Å². The first-order valence-electron chi connectivity index (χ1n) is 3.35. The van der Waals surface area contributed by atoms with E-state index in [2.05, 4.69) is 4.74 Å². The summed E-state index contributed by atoms with van der Waals surface area (Å²) in [5.74, 6) is -1.03. The molecule has 2 aliphatic heterocycles. The first kappa shape index (κ1) is 6.54. The zero-order valence-electron chi connectivity index (χ0n) is 5.75. The number of carbonyl (C=O) groups excluding carboxylic acids is 2. The van der Waals surface area contributed by atoms with E-state index in [0.29, 0.717) is 24.2 Å². The SMILES string of the molecule is O=C1OC(=O)C2=C1CCOC2. The molecular weight excluding hydrogens is 148 g/mol. The summed E-state index contributed by atoms with van der Waals surface area (Å²) < 4.78 is 9.37. The van der Waals surface area contributed by atoms with Crippen LogP contribution in [0.3, 0.4) is 0 Å². The Morgan fingerprint density at radius 2 is 1.82 bits per heavy atom. The van der Waals surface area contributed by atoms with Crippen molar-refractivity contribution in [1.29, 1.82) is 0 Å². The fourth-order valence-electron chi connectivity index (χ4n) is 1.20. The Morgan fingerprint density at radius 3 is 2.55 bits per heavy atom. The van der Waals surface area contributed by atoms with Crippen molar-refractivity contribution < 1.29 is 19.1 Å². The van der Waals surface area contributed by atoms with Gasteiger partial charge in [-0.3, -0.25) is 0 Å². The van der Waals surface area contributed by atoms with Gasteiger partial charge in [-0.15, -0.1) is 0 Å². The van der Waals surface area contributed by atoms with E-state index in [-0.39, 0.29) is 6.61 Å². The Morgan fingerprint density at radius 1 is 1.09 bits per heavy atom. The Balaban J connectivity index is 2.40. The van der Waals surface area contributed by atoms with Gasteiger partial charge in [0.15, 0.2) is 0 Å². The topological polar surface area (TPSA) is 52.6 Å². The first-order chi connectivity index (χ1) is 5.29. The van der Waals surface area contributed by atoms with Crippen LogP contribution in [-0.2, 0) is 19.1 Å². The predicted molar refractivity (Wildman–Crippen MR) is 33.6 cm³/mol. The van der Waals surface area contributed by atoms with Gasteiger partial charge in [-0.2, -0.15) is 0 Å². The maximum atomic E-state index is 10.9. The van der Waals surface area contributed by atoms with Crippen molar-refractivity contribution in [3.8, 4) is 0 Å². The number of rotatable bonds is 0. The van der Waals surface area contributed by atoms with Crippen LogP contribution in [0.5, 0.6) is 0 Å². The Hall–Kier alpha value is -1.16. The van der Waals surface area contributed by atoms with Crippen LogP contribution in [0.1, 0.15) is 6.42 Å². The van der Waals surface area contributed by atoms with Gasteiger partial charge in [0.25, 0.3) is 0 Å². The molecular formula is C7H6O4. The molecule has 0 aromatic rings. The highest BCUT2D eigenvalue weighted by Crippen LogP contribution is 2.23. The number of cyclic esters (lactones) is 2. The second-order valence-electron chi connectivity index (χ2n) is 2.44. The molecule has 0 N–H and O–H groups in total. The van der Waals surface area contributed by atoms with E-state index in [1.807, 2.05) is 0 Å². The number of ether oxygens (including phenoxy) is 2. The lowest BCUT2D eigenvalue weighted by Crippen LogP contribution is -2.12. The second-order valence-corrected chi connectivity index (χ2v) is 2.44. The summed E-state index contributed by atoms with van der Waals surface area (Å²) in [6, 6.07) is 0. The number of hydrogen-bond donors (Lipinski definition) is 0. The second kappa shape index (κ2) is 2.17. The highest BCUT2D eigenvalue weighted by atomic mass is 16.6. The Bertz CT molecular complexity index is 238. The third-order valence-corrected chi connectivity index (χ3v) is 1.79. The minimum atomic E-state index is -0.537. The van der Waals surface area contributed by atoms with Gasteiger partial charge in [-0.1, -0.05) is 0 Å². The zero-order chi connectivity index (χ0) is 7.84. The predicted octanol–water partition coefficient (Wildman–Crippen LogP) is -0.213. The summed E-state index contributed by atoms with van der Waals surface area (Å²) in [6.07, 6.45) is 0.500. The molecule has 0 amide bonds. The Labute approximate surface area is 62.8 Å². The van der Waals surface area contributed by atoms with Crippen molar-refractivity contribution in [3.05, 3.63) is 11.1 Å². The number of hydrogen-bond acceptors (Lipinski definition) is 4. The van der Waals surface area contributed by atoms with Crippen molar-refractivity contribution in [3.63, 3.8) is 0 Å². The van der Waals surface area contributed by atoms with Crippen molar-refractivity contribution in [2.24, 2.45) is 0 Å². The molecule has 11 heavy (non-hydrogen) atoms. The van der Waals surface area contributed by atoms with Gasteiger partial charge in [-0.05, 0) is 0 Å². The van der Waals surface area contributed by atoms with Crippen LogP contribution in [0.15, 0.2) is 11.1 Å². The van der Waals surface area contributed by atoms with E-state index in [9.17, 15) is 9.59 Å². The third kappa shape index (κ3) is 0.867. The van der Waals surface area contributed by atoms with Crippen LogP contribution in [0, 0.1) is 0 Å². The summed E-state index contributed by atoms with van der Waals surface area (Å²) in [6.45, 7) is 0.723. The molecule has 0 aromatic heterocycles. The summed E-state index contributed by atoms with van der Waals surface area (Å²) in [5, 5.41) is 0. The van der Waals surface area contributed by atoms with Crippen molar-refractivity contribution in [2.75, 3.05) is 13.2 Å². The fourth-order valence-corrected chi connectivity index (χ4v) is 1.20. The highest BCUT2D eigenvalue weighted by Gasteiger charge is 2.34. The van der Waals surface area contributed by atoms with Crippen LogP contribution in [-0.4, -0.2) is 25.2 Å². The summed E-state index contributed by atoms with van der Waals surface area (Å²) >= 11 is 0. The van der Waals surface area contributed by atoms with Gasteiger partial charge in [0.05, 0.1) is 24.4 Å². The van der Waals surface area contributed by atoms with E-state index in [4.69, 9.17) is 4.74 Å². The lowest BCUT2D eigenvalue weighted by molar-refractivity contribution is -0.151. The van der Waals surface area contributed by atoms with Crippen molar-refractivity contribution in [2.45, 2.75) is 6.42 Å². The average molecular weight is 154 g/mol. The maximum Gasteiger partial charge on any atom is 0.344 e. The molecule has 0 radical (unpaired) electrons. The van der Waals surface area contributed by atoms with E-state index >= 15 is 0 Å². The molecule has 2 rings (SSSR count). The molecule has 2 heterocycles. The molecule has 4 nitrogen and oxygen atoms in total. The van der Waals surface area contributed by atoms with Crippen LogP contribution < -0.4 is 0 Å². The molecule has 0 spiro atoms. The normalized spacial score (nSPS) is 23.6. The molecule has 0 atom stereocenters. The molecule has 0 unspecified atom stereocenters. The van der Waals surface area contributed by atoms with Gasteiger partial charge in [0.2, 0.25) is 0 Å². The minimum absolute atomic E-state index is 0.222. The van der Waals surface area contributed by atoms with E-state index in [1.54, 1.807) is 0 Å². The quantitative estimate of drug-likeness (QED) is 0.357. The molecule has 0 aliphatic carbocycles. The fraction of sp³-hybridized carbons (Fsp3) is 0.429. The zero-order valence-corrected chi connectivity index (χ0v) is 5.75. The third-order valence-electron chi connectivity index (χ3n) is 1.79. The van der Waals surface area contributed by atoms with Crippen molar-refractivity contribution >= 4 is 11.9 Å². The van der Waals surface area contributed by atoms with Gasteiger partial charge < -0.3 is 9.47 Å². The molecule has 2 aliphatic rings. The molecule has 0 fully saturated rings. The molecule has 58 valence electrons. The molecule has 0 saturated heterocycles. The van der Waals surface area contributed by atoms with E-state index in [0.717, 1.165) is 0 Å². The van der Waals surface area contributed by atoms with E-state index in [1.165, 1.54) is 0 Å². The monoisotopic (exact) mass is 154 g/mol. The van der Waals surface area contributed by atoms with Crippen molar-refractivity contribution in [1.82, 2.24) is 0 Å². The summed E-state index contributed by atoms with van der Waals surface area (Å²) in [5.41, 5.74) is 0.905. The lowest BCUT2D eigenvalue weighted by atomic mass is 10.1. The molecule has 4 heteroatoms. The smallest absolute Gasteiger partial charge is 0.344 e. The molecule has 0 bridgehead atoms. The molecule has 0 saturated carbocycles. The van der Waals surface area contributed by atoms with Gasteiger partial charge in [-0.25, -0.2) is 9.59 Å². The van der Waals surface area contributed by atoms with Gasteiger partial charge in [0.1, 0.15) is 0 Å². The Kier molecular flexibility index (Phi) is 1.29. The summed E-state index contributed by atoms with van der Waals surface area (Å²) in [7, 11) is 0. The van der Waals surface area contributed by atoms with Crippen LogP contribution in [0.4, 0.5) is 0 Å². The largest absolute Gasteiger partial charge is 0.386 e. The maximum absolute atomic E-state index is 10.9. The highest BCUT2D eigenvalue weighted by molar-refractivity contribution is 6.12. The average Bonchev–Trinajstić information content (AvgIpc) is 2.30. The minimum Gasteiger partial charge on any atom is -0.386 e. The number of esters is 2. The van der Waals surface area contributed by atoms with Gasteiger partial charge in [0, 0.05) is 6.42 Å². The van der Waals surface area contributed by atoms with Crippen LogP contribution in [0.25, 0.3) is 0 Å². The molecule has 0 aromatic carbocycles. The standard InChI is InChI=1S/C7H6O4/c8-6-4-1-2-10-3-5(4)7(9)11-6/h1-3H2. The van der Waals surface area contributed by atoms with Crippen LogP contribution >= 0.6 is 0 Å². The number of carbonyl (C=O) groups is 2. The summed E-state index contributed by atoms with van der Waals surface area (Å²) in [4.78, 5) is 21.7. The lowest BCUT2D eigenvalue weighted by Gasteiger charge is -2.08. The first-order valence-corrected chi connectivity index (χ1v) is 3.35. The van der Waals surface area contributed by atoms with Gasteiger partial charge >= 0.3 is 11.9 Å².